The summed E-state index contributed by atoms with van der Waals surface area (Å²) in [5.74, 6) is 0.510. The molecule has 3 heterocycles. The highest BCUT2D eigenvalue weighted by atomic mass is 32.2. The zero-order valence-electron chi connectivity index (χ0n) is 13.9. The summed E-state index contributed by atoms with van der Waals surface area (Å²) in [6, 6.07) is 6.37. The predicted molar refractivity (Wildman–Crippen MR) is 88.1 cm³/mol. The molecule has 2 aromatic rings. The first-order valence-electron chi connectivity index (χ1n) is 8.19. The lowest BCUT2D eigenvalue weighted by atomic mass is 10.2. The van der Waals surface area contributed by atoms with Gasteiger partial charge in [-0.3, -0.25) is 0 Å². The van der Waals surface area contributed by atoms with Gasteiger partial charge in [0, 0.05) is 18.7 Å². The first-order chi connectivity index (χ1) is 12.7. The maximum atomic E-state index is 12.7. The van der Waals surface area contributed by atoms with Crippen LogP contribution in [0.15, 0.2) is 41.4 Å². The van der Waals surface area contributed by atoms with E-state index in [1.54, 1.807) is 12.1 Å². The number of hydrogen-bond donors (Lipinski definition) is 0. The van der Waals surface area contributed by atoms with Gasteiger partial charge >= 0.3 is 6.18 Å². The molecule has 0 bridgehead atoms. The lowest BCUT2D eigenvalue weighted by Crippen LogP contribution is -2.56. The van der Waals surface area contributed by atoms with E-state index in [0.29, 0.717) is 18.8 Å². The number of nitrogens with zero attached hydrogens (tertiary/aromatic N) is 2. The molecular weight excluding hydrogens is 385 g/mol. The summed E-state index contributed by atoms with van der Waals surface area (Å²) >= 11 is 0. The monoisotopic (exact) mass is 400 g/mol. The molecule has 1 fully saturated rings. The molecule has 2 aliphatic heterocycles. The number of ether oxygens (including phenoxy) is 2. The predicted octanol–water partition coefficient (Wildman–Crippen LogP) is 2.49. The molecular formula is C17H15F3N2O4S. The number of sulfonamides is 1. The third kappa shape index (κ3) is 3.46. The third-order valence-electron chi connectivity index (χ3n) is 4.46. The van der Waals surface area contributed by atoms with E-state index in [4.69, 9.17) is 9.47 Å². The molecule has 1 aromatic heterocycles. The average molecular weight is 400 g/mol. The first kappa shape index (κ1) is 18.1. The van der Waals surface area contributed by atoms with Crippen LogP contribution in [0.25, 0.3) is 0 Å². The second-order valence-electron chi connectivity index (χ2n) is 6.31. The number of alkyl halides is 3. The van der Waals surface area contributed by atoms with E-state index < -0.39 is 27.9 Å². The van der Waals surface area contributed by atoms with E-state index in [9.17, 15) is 21.6 Å². The topological polar surface area (TPSA) is 68.7 Å². The Morgan fingerprint density at radius 2 is 1.96 bits per heavy atom. The number of aromatic nitrogens is 1. The van der Waals surface area contributed by atoms with Gasteiger partial charge in [0.1, 0.15) is 11.9 Å². The highest BCUT2D eigenvalue weighted by molar-refractivity contribution is 7.89. The minimum atomic E-state index is -4.49. The van der Waals surface area contributed by atoms with Gasteiger partial charge in [-0.2, -0.15) is 17.5 Å². The van der Waals surface area contributed by atoms with Crippen molar-refractivity contribution in [2.75, 3.05) is 19.7 Å². The maximum absolute atomic E-state index is 12.7. The average Bonchev–Trinajstić information content (AvgIpc) is 3.04. The smallest absolute Gasteiger partial charge is 0.416 e. The Morgan fingerprint density at radius 3 is 2.70 bits per heavy atom. The van der Waals surface area contributed by atoms with Crippen molar-refractivity contribution in [2.24, 2.45) is 0 Å². The Labute approximate surface area is 153 Å². The summed E-state index contributed by atoms with van der Waals surface area (Å²) in [6.45, 7) is 0.629. The highest BCUT2D eigenvalue weighted by Crippen LogP contribution is 2.32. The Bertz CT molecular complexity index is 972. The van der Waals surface area contributed by atoms with Gasteiger partial charge in [0.15, 0.2) is 0 Å². The molecule has 27 heavy (non-hydrogen) atoms. The Hall–Kier alpha value is -2.33. The van der Waals surface area contributed by atoms with E-state index >= 15 is 0 Å². The normalized spacial score (nSPS) is 17.9. The molecule has 6 nitrogen and oxygen atoms in total. The molecule has 0 spiro atoms. The molecule has 0 unspecified atom stereocenters. The van der Waals surface area contributed by atoms with Gasteiger partial charge in [-0.1, -0.05) is 0 Å². The Kier molecular flexibility index (Phi) is 4.26. The number of hydrogen-bond acceptors (Lipinski definition) is 5. The third-order valence-corrected chi connectivity index (χ3v) is 6.29. The van der Waals surface area contributed by atoms with Crippen LogP contribution in [-0.2, 0) is 22.6 Å². The van der Waals surface area contributed by atoms with Crippen LogP contribution in [0.3, 0.4) is 0 Å². The molecule has 0 radical (unpaired) electrons. The summed E-state index contributed by atoms with van der Waals surface area (Å²) in [5.41, 5.74) is -0.0192. The van der Waals surface area contributed by atoms with Crippen molar-refractivity contribution >= 4 is 10.0 Å². The van der Waals surface area contributed by atoms with Crippen molar-refractivity contribution in [3.63, 3.8) is 0 Å². The minimum absolute atomic E-state index is 0.0494. The second kappa shape index (κ2) is 6.38. The van der Waals surface area contributed by atoms with Gasteiger partial charge in [0.25, 0.3) is 0 Å². The SMILES string of the molecule is O=S(=O)(c1ccc2c(c1)CCO2)N1CC(Oc2cc(C(F)(F)F)ccn2)C1. The van der Waals surface area contributed by atoms with Crippen LogP contribution >= 0.6 is 0 Å². The van der Waals surface area contributed by atoms with Crippen molar-refractivity contribution in [1.82, 2.24) is 9.29 Å². The van der Waals surface area contributed by atoms with Gasteiger partial charge in [-0.15, -0.1) is 0 Å². The van der Waals surface area contributed by atoms with Crippen LogP contribution < -0.4 is 9.47 Å². The molecule has 4 rings (SSSR count). The van der Waals surface area contributed by atoms with Gasteiger partial charge in [0.05, 0.1) is 30.2 Å². The fraction of sp³-hybridized carbons (Fsp3) is 0.353. The van der Waals surface area contributed by atoms with Crippen LogP contribution in [-0.4, -0.2) is 43.5 Å². The summed E-state index contributed by atoms with van der Waals surface area (Å²) in [5, 5.41) is 0. The Morgan fingerprint density at radius 1 is 1.19 bits per heavy atom. The zero-order chi connectivity index (χ0) is 19.2. The highest BCUT2D eigenvalue weighted by Gasteiger charge is 2.39. The van der Waals surface area contributed by atoms with E-state index in [2.05, 4.69) is 4.98 Å². The molecule has 1 aromatic carbocycles. The van der Waals surface area contributed by atoms with Gasteiger partial charge in [-0.25, -0.2) is 13.4 Å². The molecule has 0 aliphatic carbocycles. The lowest BCUT2D eigenvalue weighted by Gasteiger charge is -2.37. The van der Waals surface area contributed by atoms with E-state index in [1.165, 1.54) is 10.4 Å². The lowest BCUT2D eigenvalue weighted by molar-refractivity contribution is -0.137. The van der Waals surface area contributed by atoms with Crippen LogP contribution in [0.5, 0.6) is 11.6 Å². The molecule has 144 valence electrons. The molecule has 0 N–H and O–H groups in total. The molecule has 0 atom stereocenters. The largest absolute Gasteiger partial charge is 0.493 e. The van der Waals surface area contributed by atoms with Crippen LogP contribution in [0, 0.1) is 0 Å². The van der Waals surface area contributed by atoms with E-state index in [0.717, 1.165) is 23.9 Å². The maximum Gasteiger partial charge on any atom is 0.416 e. The molecule has 1 saturated heterocycles. The van der Waals surface area contributed by atoms with E-state index in [1.807, 2.05) is 0 Å². The van der Waals surface area contributed by atoms with E-state index in [-0.39, 0.29) is 23.9 Å². The fourth-order valence-corrected chi connectivity index (χ4v) is 4.52. The Balaban J connectivity index is 1.42. The number of fused-ring (bicyclic) bond motifs is 1. The van der Waals surface area contributed by atoms with Gasteiger partial charge in [0.2, 0.25) is 15.9 Å². The van der Waals surface area contributed by atoms with Crippen molar-refractivity contribution < 1.29 is 31.1 Å². The number of rotatable bonds is 4. The quantitative estimate of drug-likeness (QED) is 0.789. The van der Waals surface area contributed by atoms with Gasteiger partial charge in [-0.05, 0) is 29.8 Å². The van der Waals surface area contributed by atoms with Crippen molar-refractivity contribution in [3.05, 3.63) is 47.7 Å². The van der Waals surface area contributed by atoms with Crippen LogP contribution in [0.4, 0.5) is 13.2 Å². The van der Waals surface area contributed by atoms with Crippen molar-refractivity contribution in [2.45, 2.75) is 23.6 Å². The van der Waals surface area contributed by atoms with Crippen LogP contribution in [0.2, 0.25) is 0 Å². The molecule has 0 amide bonds. The van der Waals surface area contributed by atoms with Crippen molar-refractivity contribution in [1.29, 1.82) is 0 Å². The number of pyridine rings is 1. The minimum Gasteiger partial charge on any atom is -0.493 e. The summed E-state index contributed by atoms with van der Waals surface area (Å²) in [4.78, 5) is 3.92. The molecule has 0 saturated carbocycles. The first-order valence-corrected chi connectivity index (χ1v) is 9.63. The standard InChI is InChI=1S/C17H15F3N2O4S/c18-17(19,20)12-3-5-21-16(8-12)26-13-9-22(10-13)27(23,24)14-1-2-15-11(7-14)4-6-25-15/h1-3,5,7-8,13H,4,6,9-10H2. The second-order valence-corrected chi connectivity index (χ2v) is 8.25. The zero-order valence-corrected chi connectivity index (χ0v) is 14.8. The molecule has 10 heteroatoms. The van der Waals surface area contributed by atoms with Gasteiger partial charge < -0.3 is 9.47 Å². The number of benzene rings is 1. The number of halogens is 3. The van der Waals surface area contributed by atoms with Crippen LogP contribution in [0.1, 0.15) is 11.1 Å². The summed E-state index contributed by atoms with van der Waals surface area (Å²) in [7, 11) is -3.68. The van der Waals surface area contributed by atoms with Crippen molar-refractivity contribution in [3.8, 4) is 11.6 Å². The molecule has 2 aliphatic rings. The summed E-state index contributed by atoms with van der Waals surface area (Å²) < 4.78 is 75.5. The summed E-state index contributed by atoms with van der Waals surface area (Å²) in [6.07, 6.45) is -3.37. The fourth-order valence-electron chi connectivity index (χ4n) is 2.96.